The Morgan fingerprint density at radius 1 is 1.23 bits per heavy atom. The van der Waals surface area contributed by atoms with Crippen molar-refractivity contribution in [3.05, 3.63) is 59.2 Å². The summed E-state index contributed by atoms with van der Waals surface area (Å²) in [6, 6.07) is 13.9. The van der Waals surface area contributed by atoms with Crippen molar-refractivity contribution in [2.75, 3.05) is 18.5 Å². The van der Waals surface area contributed by atoms with Crippen LogP contribution in [0.2, 0.25) is 0 Å². The molecule has 0 saturated carbocycles. The lowest BCUT2D eigenvalue weighted by Gasteiger charge is -2.18. The smallest absolute Gasteiger partial charge is 0.251 e. The van der Waals surface area contributed by atoms with Gasteiger partial charge < -0.3 is 15.4 Å². The Bertz CT molecular complexity index is 683. The van der Waals surface area contributed by atoms with E-state index >= 15 is 0 Å². The fraction of sp³-hybridized carbons (Fsp3) is 0.278. The number of carbonyl (C=O) groups is 1. The Morgan fingerprint density at radius 3 is 2.95 bits per heavy atom. The van der Waals surface area contributed by atoms with Gasteiger partial charge in [0, 0.05) is 29.9 Å². The lowest BCUT2D eigenvalue weighted by atomic mass is 10.00. The first-order valence-electron chi connectivity index (χ1n) is 7.63. The number of hydrogen-bond donors (Lipinski definition) is 2. The zero-order valence-electron chi connectivity index (χ0n) is 12.7. The van der Waals surface area contributed by atoms with Gasteiger partial charge in [-0.25, -0.2) is 0 Å². The molecule has 0 unspecified atom stereocenters. The molecule has 0 fully saturated rings. The Labute approximate surface area is 130 Å². The van der Waals surface area contributed by atoms with Gasteiger partial charge in [0.25, 0.3) is 5.91 Å². The number of rotatable bonds is 5. The molecule has 2 N–H and O–H groups in total. The Balaban J connectivity index is 1.73. The van der Waals surface area contributed by atoms with Crippen LogP contribution in [-0.2, 0) is 13.0 Å². The SMILES string of the molecule is CCOc1ccccc1CNc1ccc2c(c1)CCNC2=O. The van der Waals surface area contributed by atoms with Gasteiger partial charge in [0.1, 0.15) is 5.75 Å². The minimum absolute atomic E-state index is 0.0227. The first-order chi connectivity index (χ1) is 10.8. The third kappa shape index (κ3) is 3.06. The van der Waals surface area contributed by atoms with Gasteiger partial charge in [-0.2, -0.15) is 0 Å². The molecule has 1 aliphatic heterocycles. The summed E-state index contributed by atoms with van der Waals surface area (Å²) in [6.45, 7) is 4.05. The number of hydrogen-bond acceptors (Lipinski definition) is 3. The molecule has 0 aliphatic carbocycles. The summed E-state index contributed by atoms with van der Waals surface area (Å²) in [6.07, 6.45) is 0.881. The molecule has 0 atom stereocenters. The largest absolute Gasteiger partial charge is 0.494 e. The molecule has 4 heteroatoms. The third-order valence-corrected chi connectivity index (χ3v) is 3.79. The fourth-order valence-corrected chi connectivity index (χ4v) is 2.68. The lowest BCUT2D eigenvalue weighted by molar-refractivity contribution is 0.0946. The van der Waals surface area contributed by atoms with Crippen molar-refractivity contribution in [1.29, 1.82) is 0 Å². The van der Waals surface area contributed by atoms with E-state index < -0.39 is 0 Å². The number of fused-ring (bicyclic) bond motifs is 1. The zero-order valence-corrected chi connectivity index (χ0v) is 12.7. The number of ether oxygens (including phenoxy) is 1. The highest BCUT2D eigenvalue weighted by Crippen LogP contribution is 2.22. The summed E-state index contributed by atoms with van der Waals surface area (Å²) in [5, 5.41) is 6.27. The van der Waals surface area contributed by atoms with Crippen LogP contribution >= 0.6 is 0 Å². The van der Waals surface area contributed by atoms with Crippen LogP contribution in [0.3, 0.4) is 0 Å². The highest BCUT2D eigenvalue weighted by atomic mass is 16.5. The van der Waals surface area contributed by atoms with Gasteiger partial charge in [-0.3, -0.25) is 4.79 Å². The van der Waals surface area contributed by atoms with E-state index in [1.807, 2.05) is 37.3 Å². The van der Waals surface area contributed by atoms with Gasteiger partial charge in [-0.05, 0) is 43.2 Å². The maximum atomic E-state index is 11.7. The van der Waals surface area contributed by atoms with Crippen LogP contribution in [0, 0.1) is 0 Å². The minimum Gasteiger partial charge on any atom is -0.494 e. The second-order valence-electron chi connectivity index (χ2n) is 5.27. The molecule has 22 heavy (non-hydrogen) atoms. The number of nitrogens with one attached hydrogen (secondary N) is 2. The van der Waals surface area contributed by atoms with E-state index in [4.69, 9.17) is 4.74 Å². The summed E-state index contributed by atoms with van der Waals surface area (Å²) in [5.74, 6) is 0.935. The van der Waals surface area contributed by atoms with Crippen molar-refractivity contribution >= 4 is 11.6 Å². The number of benzene rings is 2. The van der Waals surface area contributed by atoms with E-state index in [-0.39, 0.29) is 5.91 Å². The molecular weight excluding hydrogens is 276 g/mol. The molecule has 0 radical (unpaired) electrons. The van der Waals surface area contributed by atoms with Crippen LogP contribution in [-0.4, -0.2) is 19.1 Å². The van der Waals surface area contributed by atoms with E-state index in [0.29, 0.717) is 19.7 Å². The lowest BCUT2D eigenvalue weighted by Crippen LogP contribution is -2.31. The first kappa shape index (κ1) is 14.4. The second kappa shape index (κ2) is 6.52. The molecule has 2 aromatic carbocycles. The molecule has 0 spiro atoms. The number of anilines is 1. The molecule has 1 amide bonds. The van der Waals surface area contributed by atoms with Gasteiger partial charge in [-0.1, -0.05) is 18.2 Å². The Morgan fingerprint density at radius 2 is 2.09 bits per heavy atom. The predicted molar refractivity (Wildman–Crippen MR) is 87.4 cm³/mol. The average molecular weight is 296 g/mol. The van der Waals surface area contributed by atoms with Crippen molar-refractivity contribution in [3.8, 4) is 5.75 Å². The molecule has 0 bridgehead atoms. The molecule has 1 heterocycles. The predicted octanol–water partition coefficient (Wildman–Crippen LogP) is 2.98. The molecule has 0 saturated heterocycles. The highest BCUT2D eigenvalue weighted by molar-refractivity contribution is 5.97. The van der Waals surface area contributed by atoms with Crippen LogP contribution in [0.1, 0.15) is 28.4 Å². The number of carbonyl (C=O) groups excluding carboxylic acids is 1. The summed E-state index contributed by atoms with van der Waals surface area (Å²) in [5.41, 5.74) is 4.04. The maximum Gasteiger partial charge on any atom is 0.251 e. The van der Waals surface area contributed by atoms with E-state index in [0.717, 1.165) is 34.5 Å². The van der Waals surface area contributed by atoms with E-state index in [2.05, 4.69) is 22.8 Å². The van der Waals surface area contributed by atoms with Gasteiger partial charge >= 0.3 is 0 Å². The van der Waals surface area contributed by atoms with Crippen LogP contribution in [0.4, 0.5) is 5.69 Å². The van der Waals surface area contributed by atoms with Gasteiger partial charge in [-0.15, -0.1) is 0 Å². The monoisotopic (exact) mass is 296 g/mol. The van der Waals surface area contributed by atoms with Crippen LogP contribution in [0.15, 0.2) is 42.5 Å². The molecule has 4 nitrogen and oxygen atoms in total. The van der Waals surface area contributed by atoms with Crippen molar-refractivity contribution in [2.45, 2.75) is 19.9 Å². The van der Waals surface area contributed by atoms with Crippen LogP contribution in [0.5, 0.6) is 5.75 Å². The average Bonchev–Trinajstić information content (AvgIpc) is 2.54. The Hall–Kier alpha value is -2.49. The van der Waals surface area contributed by atoms with Gasteiger partial charge in [0.05, 0.1) is 6.61 Å². The normalized spacial score (nSPS) is 13.2. The van der Waals surface area contributed by atoms with Crippen molar-refractivity contribution < 1.29 is 9.53 Å². The van der Waals surface area contributed by atoms with Gasteiger partial charge in [0.15, 0.2) is 0 Å². The molecular formula is C18H20N2O2. The summed E-state index contributed by atoms with van der Waals surface area (Å²) < 4.78 is 5.64. The second-order valence-corrected chi connectivity index (χ2v) is 5.27. The maximum absolute atomic E-state index is 11.7. The zero-order chi connectivity index (χ0) is 15.4. The van der Waals surface area contributed by atoms with Crippen molar-refractivity contribution in [3.63, 3.8) is 0 Å². The van der Waals surface area contributed by atoms with Crippen molar-refractivity contribution in [1.82, 2.24) is 5.32 Å². The van der Waals surface area contributed by atoms with E-state index in [1.54, 1.807) is 0 Å². The number of amides is 1. The summed E-state index contributed by atoms with van der Waals surface area (Å²) in [4.78, 5) is 11.7. The molecule has 0 aromatic heterocycles. The van der Waals surface area contributed by atoms with Crippen LogP contribution < -0.4 is 15.4 Å². The summed E-state index contributed by atoms with van der Waals surface area (Å²) >= 11 is 0. The van der Waals surface area contributed by atoms with E-state index in [9.17, 15) is 4.79 Å². The standard InChI is InChI=1S/C18H20N2O2/c1-2-22-17-6-4-3-5-14(17)12-20-15-7-8-16-13(11-15)9-10-19-18(16)21/h3-8,11,20H,2,9-10,12H2,1H3,(H,19,21). The summed E-state index contributed by atoms with van der Waals surface area (Å²) in [7, 11) is 0. The fourth-order valence-electron chi connectivity index (χ4n) is 2.68. The molecule has 1 aliphatic rings. The van der Waals surface area contributed by atoms with Gasteiger partial charge in [0.2, 0.25) is 0 Å². The minimum atomic E-state index is 0.0227. The third-order valence-electron chi connectivity index (χ3n) is 3.79. The molecule has 2 aromatic rings. The quantitative estimate of drug-likeness (QED) is 0.892. The first-order valence-corrected chi connectivity index (χ1v) is 7.63. The molecule has 3 rings (SSSR count). The topological polar surface area (TPSA) is 50.4 Å². The van der Waals surface area contributed by atoms with Crippen LogP contribution in [0.25, 0.3) is 0 Å². The van der Waals surface area contributed by atoms with E-state index in [1.165, 1.54) is 0 Å². The molecule has 114 valence electrons. The number of para-hydroxylation sites is 1. The van der Waals surface area contributed by atoms with Crippen molar-refractivity contribution in [2.24, 2.45) is 0 Å². The highest BCUT2D eigenvalue weighted by Gasteiger charge is 2.16. The Kier molecular flexibility index (Phi) is 4.28.